The Morgan fingerprint density at radius 1 is 1.32 bits per heavy atom. The monoisotopic (exact) mass is 262 g/mol. The van der Waals surface area contributed by atoms with Gasteiger partial charge in [-0.25, -0.2) is 4.39 Å². The van der Waals surface area contributed by atoms with Crippen LogP contribution in [0.1, 0.15) is 38.7 Å². The van der Waals surface area contributed by atoms with Gasteiger partial charge in [-0.3, -0.25) is 0 Å². The average Bonchev–Trinajstić information content (AvgIpc) is 3.12. The molecule has 2 nitrogen and oxygen atoms in total. The fraction of sp³-hybridized carbons (Fsp3) is 0.625. The first-order chi connectivity index (χ1) is 9.13. The Morgan fingerprint density at radius 2 is 2.11 bits per heavy atom. The van der Waals surface area contributed by atoms with Crippen molar-refractivity contribution in [3.8, 4) is 0 Å². The molecule has 1 aliphatic carbocycles. The molecular formula is C16H23FN2. The van der Waals surface area contributed by atoms with Crippen LogP contribution in [0, 0.1) is 11.7 Å². The van der Waals surface area contributed by atoms with Crippen molar-refractivity contribution >= 4 is 5.69 Å². The molecule has 0 aromatic heterocycles. The van der Waals surface area contributed by atoms with E-state index in [0.717, 1.165) is 24.6 Å². The summed E-state index contributed by atoms with van der Waals surface area (Å²) in [6, 6.07) is 6.45. The first kappa shape index (κ1) is 12.9. The minimum absolute atomic E-state index is 0.128. The molecule has 0 spiro atoms. The number of hydrogen-bond donors (Lipinski definition) is 1. The Labute approximate surface area is 115 Å². The molecule has 2 atom stereocenters. The summed E-state index contributed by atoms with van der Waals surface area (Å²) in [5.41, 5.74) is 2.32. The number of nitrogens with one attached hydrogen (secondary N) is 1. The lowest BCUT2D eigenvalue weighted by Gasteiger charge is -2.27. The van der Waals surface area contributed by atoms with E-state index in [1.807, 2.05) is 6.07 Å². The van der Waals surface area contributed by atoms with E-state index in [9.17, 15) is 4.39 Å². The Bertz CT molecular complexity index is 456. The summed E-state index contributed by atoms with van der Waals surface area (Å²) in [7, 11) is 0. The number of anilines is 1. The van der Waals surface area contributed by atoms with Gasteiger partial charge < -0.3 is 10.2 Å². The molecular weight excluding hydrogens is 239 g/mol. The zero-order valence-corrected chi connectivity index (χ0v) is 11.8. The molecule has 0 amide bonds. The maximum Gasteiger partial charge on any atom is 0.123 e. The van der Waals surface area contributed by atoms with Gasteiger partial charge in [0.15, 0.2) is 0 Å². The van der Waals surface area contributed by atoms with E-state index in [1.165, 1.54) is 24.9 Å². The second kappa shape index (κ2) is 5.12. The lowest BCUT2D eigenvalue weighted by molar-refractivity contribution is 0.617. The third kappa shape index (κ3) is 2.92. The molecule has 0 bridgehead atoms. The SMILES string of the molecule is CC1CC(C)N(c2ccc(F)cc2CNC2CC2)C1. The van der Waals surface area contributed by atoms with Gasteiger partial charge in [0.05, 0.1) is 0 Å². The molecule has 1 aliphatic heterocycles. The van der Waals surface area contributed by atoms with Gasteiger partial charge in [-0.05, 0) is 55.9 Å². The molecule has 1 heterocycles. The number of halogens is 1. The Morgan fingerprint density at radius 3 is 2.74 bits per heavy atom. The summed E-state index contributed by atoms with van der Waals surface area (Å²) in [5, 5.41) is 3.50. The molecule has 2 unspecified atom stereocenters. The molecule has 1 aromatic carbocycles. The van der Waals surface area contributed by atoms with Gasteiger partial charge in [0, 0.05) is 30.9 Å². The second-order valence-corrected chi connectivity index (χ2v) is 6.27. The van der Waals surface area contributed by atoms with Crippen LogP contribution < -0.4 is 10.2 Å². The minimum atomic E-state index is -0.128. The summed E-state index contributed by atoms with van der Waals surface area (Å²) in [4.78, 5) is 2.44. The van der Waals surface area contributed by atoms with Crippen molar-refractivity contribution in [3.05, 3.63) is 29.6 Å². The van der Waals surface area contributed by atoms with E-state index in [1.54, 1.807) is 12.1 Å². The second-order valence-electron chi connectivity index (χ2n) is 6.27. The first-order valence-corrected chi connectivity index (χ1v) is 7.42. The number of benzene rings is 1. The van der Waals surface area contributed by atoms with Crippen LogP contribution in [0.3, 0.4) is 0 Å². The van der Waals surface area contributed by atoms with Crippen LogP contribution in [0.4, 0.5) is 10.1 Å². The molecule has 3 heteroatoms. The Balaban J connectivity index is 1.81. The molecule has 104 valence electrons. The van der Waals surface area contributed by atoms with E-state index in [2.05, 4.69) is 24.1 Å². The standard InChI is InChI=1S/C16H23FN2/c1-11-7-12(2)19(10-11)16-6-3-14(17)8-13(16)9-18-15-4-5-15/h3,6,8,11-12,15,18H,4-5,7,9-10H2,1-2H3. The van der Waals surface area contributed by atoms with Crippen molar-refractivity contribution in [2.75, 3.05) is 11.4 Å². The first-order valence-electron chi connectivity index (χ1n) is 7.42. The molecule has 2 aliphatic rings. The van der Waals surface area contributed by atoms with E-state index >= 15 is 0 Å². The zero-order chi connectivity index (χ0) is 13.4. The van der Waals surface area contributed by atoms with Crippen LogP contribution >= 0.6 is 0 Å². The Kier molecular flexibility index (Phi) is 3.48. The highest BCUT2D eigenvalue weighted by Gasteiger charge is 2.28. The summed E-state index contributed by atoms with van der Waals surface area (Å²) >= 11 is 0. The summed E-state index contributed by atoms with van der Waals surface area (Å²) in [6.07, 6.45) is 3.76. The van der Waals surface area contributed by atoms with Crippen molar-refractivity contribution in [2.45, 2.75) is 51.7 Å². The molecule has 1 saturated heterocycles. The molecule has 1 N–H and O–H groups in total. The lowest BCUT2D eigenvalue weighted by Crippen LogP contribution is -2.29. The van der Waals surface area contributed by atoms with Gasteiger partial charge >= 0.3 is 0 Å². The highest BCUT2D eigenvalue weighted by atomic mass is 19.1. The highest BCUT2D eigenvalue weighted by molar-refractivity contribution is 5.55. The van der Waals surface area contributed by atoms with Crippen LogP contribution in [-0.4, -0.2) is 18.6 Å². The van der Waals surface area contributed by atoms with Crippen LogP contribution in [0.25, 0.3) is 0 Å². The quantitative estimate of drug-likeness (QED) is 0.895. The van der Waals surface area contributed by atoms with E-state index in [4.69, 9.17) is 0 Å². The fourth-order valence-corrected chi connectivity index (χ4v) is 3.15. The van der Waals surface area contributed by atoms with Gasteiger partial charge in [-0.2, -0.15) is 0 Å². The van der Waals surface area contributed by atoms with Crippen LogP contribution in [0.15, 0.2) is 18.2 Å². The summed E-state index contributed by atoms with van der Waals surface area (Å²) in [6.45, 7) is 6.44. The van der Waals surface area contributed by atoms with Gasteiger partial charge in [0.25, 0.3) is 0 Å². The topological polar surface area (TPSA) is 15.3 Å². The van der Waals surface area contributed by atoms with Crippen LogP contribution in [0.2, 0.25) is 0 Å². The van der Waals surface area contributed by atoms with Crippen LogP contribution in [-0.2, 0) is 6.54 Å². The molecule has 3 rings (SSSR count). The number of nitrogens with zero attached hydrogens (tertiary/aromatic N) is 1. The normalized spacial score (nSPS) is 27.0. The Hall–Kier alpha value is -1.09. The van der Waals surface area contributed by atoms with Gasteiger partial charge in [-0.1, -0.05) is 6.92 Å². The van der Waals surface area contributed by atoms with Crippen molar-refractivity contribution in [2.24, 2.45) is 5.92 Å². The average molecular weight is 262 g/mol. The van der Waals surface area contributed by atoms with Gasteiger partial charge in [0.2, 0.25) is 0 Å². The zero-order valence-electron chi connectivity index (χ0n) is 11.8. The predicted octanol–water partition coefficient (Wildman–Crippen LogP) is 3.31. The molecule has 19 heavy (non-hydrogen) atoms. The summed E-state index contributed by atoms with van der Waals surface area (Å²) in [5.74, 6) is 0.598. The van der Waals surface area contributed by atoms with E-state index in [-0.39, 0.29) is 5.82 Å². The number of hydrogen-bond acceptors (Lipinski definition) is 2. The maximum absolute atomic E-state index is 13.5. The van der Waals surface area contributed by atoms with Crippen molar-refractivity contribution in [1.29, 1.82) is 0 Å². The smallest absolute Gasteiger partial charge is 0.123 e. The predicted molar refractivity (Wildman–Crippen MR) is 76.9 cm³/mol. The fourth-order valence-electron chi connectivity index (χ4n) is 3.15. The van der Waals surface area contributed by atoms with Crippen molar-refractivity contribution < 1.29 is 4.39 Å². The van der Waals surface area contributed by atoms with Crippen molar-refractivity contribution in [1.82, 2.24) is 5.32 Å². The maximum atomic E-state index is 13.5. The van der Waals surface area contributed by atoms with E-state index < -0.39 is 0 Å². The molecule has 2 fully saturated rings. The minimum Gasteiger partial charge on any atom is -0.368 e. The van der Waals surface area contributed by atoms with Crippen LogP contribution in [0.5, 0.6) is 0 Å². The van der Waals surface area contributed by atoms with Crippen molar-refractivity contribution in [3.63, 3.8) is 0 Å². The molecule has 1 aromatic rings. The summed E-state index contributed by atoms with van der Waals surface area (Å²) < 4.78 is 13.5. The van der Waals surface area contributed by atoms with Gasteiger partial charge in [-0.15, -0.1) is 0 Å². The van der Waals surface area contributed by atoms with E-state index in [0.29, 0.717) is 12.1 Å². The molecule has 0 radical (unpaired) electrons. The largest absolute Gasteiger partial charge is 0.368 e. The lowest BCUT2D eigenvalue weighted by atomic mass is 10.1. The third-order valence-corrected chi connectivity index (χ3v) is 4.29. The molecule has 1 saturated carbocycles. The third-order valence-electron chi connectivity index (χ3n) is 4.29. The van der Waals surface area contributed by atoms with Gasteiger partial charge in [0.1, 0.15) is 5.82 Å². The number of rotatable bonds is 4. The highest BCUT2D eigenvalue weighted by Crippen LogP contribution is 2.32.